The van der Waals surface area contributed by atoms with Gasteiger partial charge >= 0.3 is 0 Å². The van der Waals surface area contributed by atoms with Gasteiger partial charge in [-0.2, -0.15) is 0 Å². The molecular weight excluding hydrogens is 244 g/mol. The minimum Gasteiger partial charge on any atom is -0.481 e. The molecule has 7 heteroatoms. The maximum Gasteiger partial charge on any atom is 0.213 e. The summed E-state index contributed by atoms with van der Waals surface area (Å²) in [6.45, 7) is 1.88. The molecule has 96 valence electrons. The van der Waals surface area contributed by atoms with Crippen molar-refractivity contribution in [2.75, 3.05) is 12.8 Å². The molecule has 0 atom stereocenters. The van der Waals surface area contributed by atoms with E-state index in [9.17, 15) is 0 Å². The van der Waals surface area contributed by atoms with Crippen LogP contribution >= 0.6 is 0 Å². The van der Waals surface area contributed by atoms with E-state index in [1.807, 2.05) is 13.0 Å². The molecular formula is C12H12N6O. The van der Waals surface area contributed by atoms with Crippen LogP contribution in [-0.4, -0.2) is 31.7 Å². The number of nitrogens with two attached hydrogens (primary N) is 1. The van der Waals surface area contributed by atoms with E-state index < -0.39 is 0 Å². The van der Waals surface area contributed by atoms with E-state index in [-0.39, 0.29) is 0 Å². The molecule has 0 aliphatic carbocycles. The monoisotopic (exact) mass is 256 g/mol. The maximum atomic E-state index is 5.87. The van der Waals surface area contributed by atoms with Crippen molar-refractivity contribution in [2.45, 2.75) is 6.92 Å². The third-order valence-electron chi connectivity index (χ3n) is 2.86. The zero-order chi connectivity index (χ0) is 13.4. The fourth-order valence-corrected chi connectivity index (χ4v) is 1.93. The maximum absolute atomic E-state index is 5.87. The highest BCUT2D eigenvalue weighted by atomic mass is 16.5. The van der Waals surface area contributed by atoms with Gasteiger partial charge in [0.2, 0.25) is 11.8 Å². The fourth-order valence-electron chi connectivity index (χ4n) is 1.93. The number of methoxy groups -OCH3 is 1. The quantitative estimate of drug-likeness (QED) is 0.737. The predicted octanol–water partition coefficient (Wildman–Crippen LogP) is 1.09. The van der Waals surface area contributed by atoms with Crippen molar-refractivity contribution < 1.29 is 4.74 Å². The summed E-state index contributed by atoms with van der Waals surface area (Å²) in [4.78, 5) is 8.36. The van der Waals surface area contributed by atoms with Crippen LogP contribution in [0, 0.1) is 6.92 Å². The Labute approximate surface area is 109 Å². The first kappa shape index (κ1) is 11.4. The van der Waals surface area contributed by atoms with Crippen molar-refractivity contribution >= 4 is 11.6 Å². The van der Waals surface area contributed by atoms with Crippen LogP contribution in [0.3, 0.4) is 0 Å². The van der Waals surface area contributed by atoms with Crippen molar-refractivity contribution in [2.24, 2.45) is 0 Å². The molecule has 0 saturated heterocycles. The number of anilines is 1. The van der Waals surface area contributed by atoms with Gasteiger partial charge in [0.1, 0.15) is 0 Å². The Bertz CT molecular complexity index is 751. The molecule has 19 heavy (non-hydrogen) atoms. The second-order valence-electron chi connectivity index (χ2n) is 4.01. The molecule has 0 unspecified atom stereocenters. The molecule has 0 aliphatic heterocycles. The molecule has 2 N–H and O–H groups in total. The Hall–Kier alpha value is -2.70. The number of aromatic nitrogens is 5. The summed E-state index contributed by atoms with van der Waals surface area (Å²) in [7, 11) is 1.58. The van der Waals surface area contributed by atoms with Gasteiger partial charge in [-0.05, 0) is 13.0 Å². The van der Waals surface area contributed by atoms with E-state index in [1.54, 1.807) is 29.8 Å². The Morgan fingerprint density at radius 3 is 2.79 bits per heavy atom. The largest absolute Gasteiger partial charge is 0.481 e. The van der Waals surface area contributed by atoms with Crippen LogP contribution in [-0.2, 0) is 0 Å². The lowest BCUT2D eigenvalue weighted by molar-refractivity contribution is 0.397. The minimum absolute atomic E-state index is 0.340. The highest BCUT2D eigenvalue weighted by molar-refractivity contribution is 5.64. The summed E-state index contributed by atoms with van der Waals surface area (Å²) in [5.74, 6) is 1.52. The smallest absolute Gasteiger partial charge is 0.213 e. The molecule has 3 heterocycles. The number of hydrogen-bond acceptors (Lipinski definition) is 6. The van der Waals surface area contributed by atoms with Crippen molar-refractivity contribution in [3.8, 4) is 17.3 Å². The lowest BCUT2D eigenvalue weighted by Crippen LogP contribution is -2.02. The highest BCUT2D eigenvalue weighted by Gasteiger charge is 2.14. The molecule has 3 aromatic heterocycles. The lowest BCUT2D eigenvalue weighted by Gasteiger charge is -2.06. The molecule has 0 saturated carbocycles. The molecule has 0 aromatic carbocycles. The van der Waals surface area contributed by atoms with Gasteiger partial charge in [0, 0.05) is 23.9 Å². The highest BCUT2D eigenvalue weighted by Crippen LogP contribution is 2.24. The number of ether oxygens (including phenoxy) is 1. The first-order valence-corrected chi connectivity index (χ1v) is 5.68. The molecule has 0 bridgehead atoms. The zero-order valence-corrected chi connectivity index (χ0v) is 10.5. The number of pyridine rings is 1. The normalized spacial score (nSPS) is 10.8. The molecule has 0 fully saturated rings. The van der Waals surface area contributed by atoms with E-state index in [1.165, 1.54) is 0 Å². The summed E-state index contributed by atoms with van der Waals surface area (Å²) in [6.07, 6.45) is 1.60. The van der Waals surface area contributed by atoms with E-state index in [0.717, 1.165) is 11.3 Å². The average molecular weight is 256 g/mol. The topological polar surface area (TPSA) is 91.2 Å². The number of rotatable bonds is 2. The molecule has 0 aliphatic rings. The van der Waals surface area contributed by atoms with Gasteiger partial charge in [0.15, 0.2) is 11.5 Å². The van der Waals surface area contributed by atoms with Crippen LogP contribution in [0.1, 0.15) is 5.69 Å². The van der Waals surface area contributed by atoms with E-state index >= 15 is 0 Å². The van der Waals surface area contributed by atoms with Crippen LogP contribution in [0.25, 0.3) is 17.0 Å². The van der Waals surface area contributed by atoms with Crippen LogP contribution in [0.4, 0.5) is 5.95 Å². The van der Waals surface area contributed by atoms with Crippen molar-refractivity contribution in [1.82, 2.24) is 24.6 Å². The van der Waals surface area contributed by atoms with Crippen LogP contribution in [0.5, 0.6) is 5.88 Å². The fraction of sp³-hybridized carbons (Fsp3) is 0.167. The van der Waals surface area contributed by atoms with Gasteiger partial charge in [-0.3, -0.25) is 0 Å². The Kier molecular flexibility index (Phi) is 2.52. The number of fused-ring (bicyclic) bond motifs is 1. The van der Waals surface area contributed by atoms with E-state index in [0.29, 0.717) is 23.3 Å². The lowest BCUT2D eigenvalue weighted by atomic mass is 10.2. The number of hydrogen-bond donors (Lipinski definition) is 1. The molecule has 3 aromatic rings. The second-order valence-corrected chi connectivity index (χ2v) is 4.01. The third kappa shape index (κ3) is 1.75. The molecule has 0 spiro atoms. The zero-order valence-electron chi connectivity index (χ0n) is 10.5. The Balaban J connectivity index is 2.25. The third-order valence-corrected chi connectivity index (χ3v) is 2.86. The molecule has 0 radical (unpaired) electrons. The number of nitrogen functional groups attached to an aromatic ring is 1. The van der Waals surface area contributed by atoms with E-state index in [4.69, 9.17) is 10.5 Å². The van der Waals surface area contributed by atoms with E-state index in [2.05, 4.69) is 20.2 Å². The van der Waals surface area contributed by atoms with Gasteiger partial charge in [-0.15, -0.1) is 10.2 Å². The van der Waals surface area contributed by atoms with Gasteiger partial charge < -0.3 is 10.5 Å². The summed E-state index contributed by atoms with van der Waals surface area (Å²) in [5, 5.41) is 8.23. The van der Waals surface area contributed by atoms with Crippen molar-refractivity contribution in [3.63, 3.8) is 0 Å². The van der Waals surface area contributed by atoms with Gasteiger partial charge in [0.05, 0.1) is 12.8 Å². The summed E-state index contributed by atoms with van der Waals surface area (Å²) in [5.41, 5.74) is 8.15. The SMILES string of the molecule is COc1ccc(-c2nnc3ccnc(N)n23)c(C)n1. The Morgan fingerprint density at radius 2 is 2.05 bits per heavy atom. The second kappa shape index (κ2) is 4.20. The molecule has 7 nitrogen and oxygen atoms in total. The van der Waals surface area contributed by atoms with Gasteiger partial charge in [0.25, 0.3) is 0 Å². The molecule has 0 amide bonds. The van der Waals surface area contributed by atoms with Gasteiger partial charge in [-0.25, -0.2) is 14.4 Å². The van der Waals surface area contributed by atoms with Crippen LogP contribution in [0.15, 0.2) is 24.4 Å². The molecule has 3 rings (SSSR count). The van der Waals surface area contributed by atoms with Crippen LogP contribution in [0.2, 0.25) is 0 Å². The summed E-state index contributed by atoms with van der Waals surface area (Å²) < 4.78 is 6.78. The number of aryl methyl sites for hydroxylation is 1. The van der Waals surface area contributed by atoms with Crippen LogP contribution < -0.4 is 10.5 Å². The van der Waals surface area contributed by atoms with Crippen molar-refractivity contribution in [1.29, 1.82) is 0 Å². The summed E-state index contributed by atoms with van der Waals surface area (Å²) >= 11 is 0. The Morgan fingerprint density at radius 1 is 1.21 bits per heavy atom. The standard InChI is InChI=1S/C12H12N6O/c1-7-8(3-4-10(15-7)19-2)11-17-16-9-5-6-14-12(13)18(9)11/h3-6H,1-2H3,(H2,13,14). The minimum atomic E-state index is 0.340. The first-order chi connectivity index (χ1) is 9.20. The predicted molar refractivity (Wildman–Crippen MR) is 69.7 cm³/mol. The van der Waals surface area contributed by atoms with Gasteiger partial charge in [-0.1, -0.05) is 0 Å². The first-order valence-electron chi connectivity index (χ1n) is 5.68. The average Bonchev–Trinajstić information content (AvgIpc) is 2.84. The number of nitrogens with zero attached hydrogens (tertiary/aromatic N) is 5. The van der Waals surface area contributed by atoms with Crippen molar-refractivity contribution in [3.05, 3.63) is 30.1 Å². The summed E-state index contributed by atoms with van der Waals surface area (Å²) in [6, 6.07) is 5.40.